The number of aromatic nitrogens is 1. The highest BCUT2D eigenvalue weighted by molar-refractivity contribution is 7.80. The first-order chi connectivity index (χ1) is 9.65. The Morgan fingerprint density at radius 1 is 1.25 bits per heavy atom. The van der Waals surface area contributed by atoms with Crippen molar-refractivity contribution in [2.45, 2.75) is 13.3 Å². The van der Waals surface area contributed by atoms with E-state index in [-0.39, 0.29) is 0 Å². The summed E-state index contributed by atoms with van der Waals surface area (Å²) in [7, 11) is 1.99. The Kier molecular flexibility index (Phi) is 5.07. The molecule has 4 heteroatoms. The maximum Gasteiger partial charge on any atom is 0.173 e. The molecule has 0 aliphatic carbocycles. The zero-order valence-electron chi connectivity index (χ0n) is 11.8. The van der Waals surface area contributed by atoms with Crippen LogP contribution < -0.4 is 5.32 Å². The Morgan fingerprint density at radius 3 is 2.80 bits per heavy atom. The number of nitrogens with zero attached hydrogens (tertiary/aromatic N) is 2. The molecule has 0 amide bonds. The largest absolute Gasteiger partial charge is 0.352 e. The van der Waals surface area contributed by atoms with Crippen molar-refractivity contribution in [1.29, 1.82) is 0 Å². The molecule has 0 radical (unpaired) electrons. The zero-order valence-corrected chi connectivity index (χ0v) is 12.7. The number of nitrogens with one attached hydrogen (secondary N) is 1. The highest BCUT2D eigenvalue weighted by Crippen LogP contribution is 2.10. The van der Waals surface area contributed by atoms with E-state index in [1.54, 1.807) is 0 Å². The molecule has 0 spiro atoms. The summed E-state index contributed by atoms with van der Waals surface area (Å²) >= 11 is 5.41. The molecule has 0 saturated heterocycles. The van der Waals surface area contributed by atoms with E-state index in [0.29, 0.717) is 0 Å². The fourth-order valence-electron chi connectivity index (χ4n) is 1.87. The number of rotatable bonds is 4. The van der Waals surface area contributed by atoms with E-state index in [2.05, 4.69) is 29.4 Å². The Bertz CT molecular complexity index is 569. The molecule has 0 fully saturated rings. The van der Waals surface area contributed by atoms with E-state index >= 15 is 0 Å². The standard InChI is InChI=1S/C16H19N3S/c1-13-6-5-8-15(12-13)18-16(20)19(2)11-9-14-7-3-4-10-17-14/h3-8,10,12H,9,11H2,1-2H3,(H,18,20). The molecule has 3 nitrogen and oxygen atoms in total. The molecule has 0 bridgehead atoms. The van der Waals surface area contributed by atoms with E-state index in [9.17, 15) is 0 Å². The van der Waals surface area contributed by atoms with Crippen molar-refractivity contribution in [3.63, 3.8) is 0 Å². The van der Waals surface area contributed by atoms with E-state index < -0.39 is 0 Å². The van der Waals surface area contributed by atoms with Crippen molar-refractivity contribution < 1.29 is 0 Å². The van der Waals surface area contributed by atoms with Gasteiger partial charge in [-0.25, -0.2) is 0 Å². The highest BCUT2D eigenvalue weighted by atomic mass is 32.1. The average Bonchev–Trinajstić information content (AvgIpc) is 2.46. The number of hydrogen-bond acceptors (Lipinski definition) is 2. The van der Waals surface area contributed by atoms with Crippen LogP contribution in [0.4, 0.5) is 5.69 Å². The lowest BCUT2D eigenvalue weighted by atomic mass is 10.2. The monoisotopic (exact) mass is 285 g/mol. The van der Waals surface area contributed by atoms with Gasteiger partial charge in [-0.3, -0.25) is 4.98 Å². The Labute approximate surface area is 125 Å². The lowest BCUT2D eigenvalue weighted by Gasteiger charge is -2.21. The quantitative estimate of drug-likeness (QED) is 0.873. The third-order valence-electron chi connectivity index (χ3n) is 3.05. The maximum atomic E-state index is 5.41. The molecule has 1 aromatic carbocycles. The molecule has 104 valence electrons. The summed E-state index contributed by atoms with van der Waals surface area (Å²) in [6.45, 7) is 2.91. The summed E-state index contributed by atoms with van der Waals surface area (Å²) in [6, 6.07) is 14.2. The van der Waals surface area contributed by atoms with Crippen LogP contribution >= 0.6 is 12.2 Å². The van der Waals surface area contributed by atoms with Gasteiger partial charge in [-0.15, -0.1) is 0 Å². The molecule has 2 rings (SSSR count). The summed E-state index contributed by atoms with van der Waals surface area (Å²) in [4.78, 5) is 6.35. The van der Waals surface area contributed by atoms with Gasteiger partial charge in [-0.1, -0.05) is 18.2 Å². The van der Waals surface area contributed by atoms with Crippen LogP contribution in [0.15, 0.2) is 48.7 Å². The van der Waals surface area contributed by atoms with Crippen LogP contribution in [-0.2, 0) is 6.42 Å². The van der Waals surface area contributed by atoms with Gasteiger partial charge in [0.25, 0.3) is 0 Å². The summed E-state index contributed by atoms with van der Waals surface area (Å²) in [5, 5.41) is 3.98. The van der Waals surface area contributed by atoms with Crippen LogP contribution in [0.1, 0.15) is 11.3 Å². The van der Waals surface area contributed by atoms with Crippen LogP contribution in [0.5, 0.6) is 0 Å². The molecular weight excluding hydrogens is 266 g/mol. The van der Waals surface area contributed by atoms with Gasteiger partial charge in [0, 0.05) is 37.6 Å². The predicted molar refractivity (Wildman–Crippen MR) is 88.0 cm³/mol. The van der Waals surface area contributed by atoms with Gasteiger partial charge in [0.05, 0.1) is 0 Å². The minimum atomic E-state index is 0.728. The Morgan fingerprint density at radius 2 is 2.10 bits per heavy atom. The summed E-state index contributed by atoms with van der Waals surface area (Å²) in [5.74, 6) is 0. The molecule has 0 unspecified atom stereocenters. The van der Waals surface area contributed by atoms with Gasteiger partial charge in [-0.2, -0.15) is 0 Å². The van der Waals surface area contributed by atoms with Crippen molar-refractivity contribution >= 4 is 23.0 Å². The SMILES string of the molecule is Cc1cccc(NC(=S)N(C)CCc2ccccn2)c1. The summed E-state index contributed by atoms with van der Waals surface area (Å²) < 4.78 is 0. The zero-order chi connectivity index (χ0) is 14.4. The van der Waals surface area contributed by atoms with Crippen molar-refractivity contribution in [1.82, 2.24) is 9.88 Å². The summed E-state index contributed by atoms with van der Waals surface area (Å²) in [6.07, 6.45) is 2.70. The first-order valence-corrected chi connectivity index (χ1v) is 7.04. The van der Waals surface area contributed by atoms with Crippen molar-refractivity contribution in [2.75, 3.05) is 18.9 Å². The normalized spacial score (nSPS) is 10.1. The average molecular weight is 285 g/mol. The first-order valence-electron chi connectivity index (χ1n) is 6.64. The molecule has 1 heterocycles. The van der Waals surface area contributed by atoms with Gasteiger partial charge in [-0.05, 0) is 49.0 Å². The van der Waals surface area contributed by atoms with E-state index in [0.717, 1.165) is 29.5 Å². The van der Waals surface area contributed by atoms with E-state index in [4.69, 9.17) is 12.2 Å². The number of thiocarbonyl (C=S) groups is 1. The number of likely N-dealkylation sites (N-methyl/N-ethyl adjacent to an activating group) is 1. The van der Waals surface area contributed by atoms with Crippen LogP contribution in [0.25, 0.3) is 0 Å². The van der Waals surface area contributed by atoms with Crippen LogP contribution in [0.2, 0.25) is 0 Å². The Hall–Kier alpha value is -1.94. The predicted octanol–water partition coefficient (Wildman–Crippen LogP) is 3.26. The summed E-state index contributed by atoms with van der Waals surface area (Å²) in [5.41, 5.74) is 3.33. The first kappa shape index (κ1) is 14.5. The molecule has 2 aromatic rings. The number of pyridine rings is 1. The molecule has 0 atom stereocenters. The van der Waals surface area contributed by atoms with Crippen molar-refractivity contribution in [3.05, 3.63) is 59.9 Å². The maximum absolute atomic E-state index is 5.41. The van der Waals surface area contributed by atoms with Crippen LogP contribution in [-0.4, -0.2) is 28.6 Å². The second-order valence-corrected chi connectivity index (χ2v) is 5.18. The van der Waals surface area contributed by atoms with Gasteiger partial charge in [0.1, 0.15) is 0 Å². The molecule has 1 aromatic heterocycles. The third-order valence-corrected chi connectivity index (χ3v) is 3.46. The lowest BCUT2D eigenvalue weighted by molar-refractivity contribution is 0.512. The molecule has 0 aliphatic heterocycles. The molecule has 0 aliphatic rings. The third kappa shape index (κ3) is 4.31. The minimum absolute atomic E-state index is 0.728. The number of aryl methyl sites for hydroxylation is 1. The lowest BCUT2D eigenvalue weighted by Crippen LogP contribution is -2.32. The van der Waals surface area contributed by atoms with E-state index in [1.807, 2.05) is 48.5 Å². The fourth-order valence-corrected chi connectivity index (χ4v) is 2.08. The molecule has 20 heavy (non-hydrogen) atoms. The second kappa shape index (κ2) is 7.01. The molecule has 0 saturated carbocycles. The van der Waals surface area contributed by atoms with Crippen molar-refractivity contribution in [3.8, 4) is 0 Å². The van der Waals surface area contributed by atoms with Gasteiger partial charge < -0.3 is 10.2 Å². The molecule has 1 N–H and O–H groups in total. The van der Waals surface area contributed by atoms with Crippen molar-refractivity contribution in [2.24, 2.45) is 0 Å². The van der Waals surface area contributed by atoms with Crippen LogP contribution in [0.3, 0.4) is 0 Å². The van der Waals surface area contributed by atoms with E-state index in [1.165, 1.54) is 5.56 Å². The second-order valence-electron chi connectivity index (χ2n) is 4.79. The van der Waals surface area contributed by atoms with Crippen LogP contribution in [0, 0.1) is 6.92 Å². The minimum Gasteiger partial charge on any atom is -0.352 e. The molecular formula is C16H19N3S. The van der Waals surface area contributed by atoms with Gasteiger partial charge in [0.2, 0.25) is 0 Å². The topological polar surface area (TPSA) is 28.2 Å². The number of anilines is 1. The fraction of sp³-hybridized carbons (Fsp3) is 0.250. The van der Waals surface area contributed by atoms with Gasteiger partial charge in [0.15, 0.2) is 5.11 Å². The van der Waals surface area contributed by atoms with Gasteiger partial charge >= 0.3 is 0 Å². The Balaban J connectivity index is 1.86. The number of hydrogen-bond donors (Lipinski definition) is 1. The highest BCUT2D eigenvalue weighted by Gasteiger charge is 2.05. The number of benzene rings is 1. The smallest absolute Gasteiger partial charge is 0.173 e.